The van der Waals surface area contributed by atoms with Gasteiger partial charge >= 0.3 is 11.8 Å². The summed E-state index contributed by atoms with van der Waals surface area (Å²) in [6, 6.07) is 16.8. The maximum Gasteiger partial charge on any atom is 0.313 e. The van der Waals surface area contributed by atoms with E-state index in [0.717, 1.165) is 11.4 Å². The predicted molar refractivity (Wildman–Crippen MR) is 96.5 cm³/mol. The number of carbonyl (C=O) groups excluding carboxylic acids is 3. The Morgan fingerprint density at radius 1 is 0.800 bits per heavy atom. The monoisotopic (exact) mass is 340 g/mol. The lowest BCUT2D eigenvalue weighted by molar-refractivity contribution is -0.136. The van der Waals surface area contributed by atoms with Gasteiger partial charge in [0.1, 0.15) is 0 Å². The van der Waals surface area contributed by atoms with E-state index in [1.165, 1.54) is 0 Å². The van der Waals surface area contributed by atoms with Crippen molar-refractivity contribution in [1.29, 1.82) is 0 Å². The predicted octanol–water partition coefficient (Wildman–Crippen LogP) is 1.62. The molecule has 0 atom stereocenters. The lowest BCUT2D eigenvalue weighted by atomic mass is 10.2. The summed E-state index contributed by atoms with van der Waals surface area (Å²) in [6.07, 6.45) is 1.14. The molecule has 3 amide bonds. The van der Waals surface area contributed by atoms with E-state index in [9.17, 15) is 14.4 Å². The van der Waals surface area contributed by atoms with Gasteiger partial charge in [0, 0.05) is 30.2 Å². The number of rotatable bonds is 8. The molecule has 0 radical (unpaired) electrons. The van der Waals surface area contributed by atoms with Crippen molar-refractivity contribution in [2.45, 2.75) is 6.42 Å². The van der Waals surface area contributed by atoms with Gasteiger partial charge in [0.05, 0.1) is 0 Å². The molecule has 0 aliphatic carbocycles. The van der Waals surface area contributed by atoms with Crippen LogP contribution in [-0.2, 0) is 14.4 Å². The Bertz CT molecular complexity index is 702. The minimum Gasteiger partial charge on any atom is -0.359 e. The average molecular weight is 340 g/mol. The fourth-order valence-corrected chi connectivity index (χ4v) is 2.04. The van der Waals surface area contributed by atoms with Crippen LogP contribution in [0.2, 0.25) is 0 Å². The molecule has 2 aromatic carbocycles. The molecule has 0 fully saturated rings. The van der Waals surface area contributed by atoms with Crippen molar-refractivity contribution in [2.24, 2.45) is 0 Å². The highest BCUT2D eigenvalue weighted by Gasteiger charge is 2.12. The minimum atomic E-state index is -0.730. The quantitative estimate of drug-likeness (QED) is 0.333. The van der Waals surface area contributed by atoms with Gasteiger partial charge in [0.2, 0.25) is 6.41 Å². The van der Waals surface area contributed by atoms with Crippen molar-refractivity contribution in [2.75, 3.05) is 23.7 Å². The molecule has 2 rings (SSSR count). The number of nitrogens with one attached hydrogen (secondary N) is 4. The molecule has 0 spiro atoms. The largest absolute Gasteiger partial charge is 0.359 e. The standard InChI is InChI=1S/C18H20N4O3/c23-13-19-11-4-12-20-17(24)18(25)22-16-9-7-15(8-10-16)21-14-5-2-1-3-6-14/h1-3,5-10,13,21H,4,11-12H2,(H,19,23)(H,20,24)(H,22,25). The first kappa shape index (κ1) is 18.0. The fraction of sp³-hybridized carbons (Fsp3) is 0.167. The van der Waals surface area contributed by atoms with E-state index >= 15 is 0 Å². The summed E-state index contributed by atoms with van der Waals surface area (Å²) in [5.41, 5.74) is 2.36. The highest BCUT2D eigenvalue weighted by Crippen LogP contribution is 2.18. The fourth-order valence-electron chi connectivity index (χ4n) is 2.04. The van der Waals surface area contributed by atoms with Gasteiger partial charge in [-0.3, -0.25) is 14.4 Å². The van der Waals surface area contributed by atoms with Crippen LogP contribution in [0.25, 0.3) is 0 Å². The van der Waals surface area contributed by atoms with Gasteiger partial charge in [0.25, 0.3) is 0 Å². The number of benzene rings is 2. The third-order valence-corrected chi connectivity index (χ3v) is 3.28. The zero-order valence-corrected chi connectivity index (χ0v) is 13.6. The molecular weight excluding hydrogens is 320 g/mol. The van der Waals surface area contributed by atoms with Crippen LogP contribution in [0, 0.1) is 0 Å². The Kier molecular flexibility index (Phi) is 6.99. The van der Waals surface area contributed by atoms with Crippen molar-refractivity contribution >= 4 is 35.3 Å². The molecule has 0 saturated carbocycles. The summed E-state index contributed by atoms with van der Waals surface area (Å²) < 4.78 is 0. The first-order valence-electron chi connectivity index (χ1n) is 7.87. The van der Waals surface area contributed by atoms with Crippen molar-refractivity contribution in [3.05, 3.63) is 54.6 Å². The summed E-state index contributed by atoms with van der Waals surface area (Å²) >= 11 is 0. The second-order valence-electron chi connectivity index (χ2n) is 5.20. The van der Waals surface area contributed by atoms with Crippen LogP contribution < -0.4 is 21.3 Å². The molecule has 0 aromatic heterocycles. The zero-order chi connectivity index (χ0) is 17.9. The van der Waals surface area contributed by atoms with Crippen molar-refractivity contribution in [3.63, 3.8) is 0 Å². The molecule has 0 heterocycles. The van der Waals surface area contributed by atoms with Crippen molar-refractivity contribution < 1.29 is 14.4 Å². The number of hydrogen-bond donors (Lipinski definition) is 4. The lowest BCUT2D eigenvalue weighted by Crippen LogP contribution is -2.36. The molecule has 2 aromatic rings. The maximum absolute atomic E-state index is 11.8. The van der Waals surface area contributed by atoms with Crippen molar-refractivity contribution in [3.8, 4) is 0 Å². The Morgan fingerprint density at radius 3 is 2.12 bits per heavy atom. The van der Waals surface area contributed by atoms with Crippen LogP contribution in [0.15, 0.2) is 54.6 Å². The minimum absolute atomic E-state index is 0.313. The van der Waals surface area contributed by atoms with Gasteiger partial charge in [-0.15, -0.1) is 0 Å². The Balaban J connectivity index is 1.78. The molecule has 4 N–H and O–H groups in total. The van der Waals surface area contributed by atoms with Crippen LogP contribution in [0.3, 0.4) is 0 Å². The Labute approximate surface area is 145 Å². The molecule has 130 valence electrons. The van der Waals surface area contributed by atoms with E-state index < -0.39 is 11.8 Å². The van der Waals surface area contributed by atoms with Gasteiger partial charge in [-0.25, -0.2) is 0 Å². The molecule has 7 nitrogen and oxygen atoms in total. The van der Waals surface area contributed by atoms with Crippen molar-refractivity contribution in [1.82, 2.24) is 10.6 Å². The second kappa shape index (κ2) is 9.71. The van der Waals surface area contributed by atoms with E-state index in [1.54, 1.807) is 12.1 Å². The van der Waals surface area contributed by atoms with E-state index in [-0.39, 0.29) is 0 Å². The van der Waals surface area contributed by atoms with E-state index in [2.05, 4.69) is 21.3 Å². The molecule has 0 aliphatic rings. The van der Waals surface area contributed by atoms with E-state index in [0.29, 0.717) is 31.6 Å². The van der Waals surface area contributed by atoms with Gasteiger partial charge < -0.3 is 21.3 Å². The van der Waals surface area contributed by atoms with Gasteiger partial charge in [-0.1, -0.05) is 18.2 Å². The second-order valence-corrected chi connectivity index (χ2v) is 5.20. The molecule has 0 unspecified atom stereocenters. The third-order valence-electron chi connectivity index (χ3n) is 3.28. The molecule has 25 heavy (non-hydrogen) atoms. The van der Waals surface area contributed by atoms with Crippen LogP contribution in [0.1, 0.15) is 6.42 Å². The molecule has 0 saturated heterocycles. The van der Waals surface area contributed by atoms with Crippen LogP contribution >= 0.6 is 0 Å². The van der Waals surface area contributed by atoms with E-state index in [4.69, 9.17) is 0 Å². The number of para-hydroxylation sites is 1. The normalized spacial score (nSPS) is 9.76. The molecule has 7 heteroatoms. The van der Waals surface area contributed by atoms with Gasteiger partial charge in [-0.05, 0) is 42.8 Å². The van der Waals surface area contributed by atoms with Crippen LogP contribution in [-0.4, -0.2) is 31.3 Å². The smallest absolute Gasteiger partial charge is 0.313 e. The highest BCUT2D eigenvalue weighted by atomic mass is 16.2. The Hall–Kier alpha value is -3.35. The number of amides is 3. The third kappa shape index (κ3) is 6.34. The number of hydrogen-bond acceptors (Lipinski definition) is 4. The summed E-state index contributed by atoms with van der Waals surface area (Å²) in [6.45, 7) is 0.758. The first-order chi connectivity index (χ1) is 12.2. The number of carbonyl (C=O) groups is 3. The summed E-state index contributed by atoms with van der Waals surface area (Å²) in [7, 11) is 0. The topological polar surface area (TPSA) is 99.3 Å². The number of anilines is 3. The lowest BCUT2D eigenvalue weighted by Gasteiger charge is -2.09. The molecular formula is C18H20N4O3. The Morgan fingerprint density at radius 2 is 1.44 bits per heavy atom. The maximum atomic E-state index is 11.8. The van der Waals surface area contributed by atoms with Crippen LogP contribution in [0.4, 0.5) is 17.1 Å². The summed E-state index contributed by atoms with van der Waals surface area (Å²) in [5.74, 6) is -1.44. The van der Waals surface area contributed by atoms with Crippen LogP contribution in [0.5, 0.6) is 0 Å². The highest BCUT2D eigenvalue weighted by molar-refractivity contribution is 6.39. The molecule has 0 aliphatic heterocycles. The summed E-state index contributed by atoms with van der Waals surface area (Å²) in [4.78, 5) is 33.5. The zero-order valence-electron chi connectivity index (χ0n) is 13.6. The average Bonchev–Trinajstić information content (AvgIpc) is 2.64. The van der Waals surface area contributed by atoms with Gasteiger partial charge in [0.15, 0.2) is 0 Å². The van der Waals surface area contributed by atoms with E-state index in [1.807, 2.05) is 42.5 Å². The van der Waals surface area contributed by atoms with Gasteiger partial charge in [-0.2, -0.15) is 0 Å². The summed E-state index contributed by atoms with van der Waals surface area (Å²) in [5, 5.41) is 10.7. The first-order valence-corrected chi connectivity index (χ1v) is 7.87. The molecule has 0 bridgehead atoms. The SMILES string of the molecule is O=CNCCCNC(=O)C(=O)Nc1ccc(Nc2ccccc2)cc1.